The molecule has 1 aromatic heterocycles. The lowest BCUT2D eigenvalue weighted by molar-refractivity contribution is -0.123. The molecular weight excluding hydrogens is 308 g/mol. The van der Waals surface area contributed by atoms with E-state index >= 15 is 0 Å². The van der Waals surface area contributed by atoms with Gasteiger partial charge < -0.3 is 10.6 Å². The van der Waals surface area contributed by atoms with E-state index in [2.05, 4.69) is 22.8 Å². The molecule has 0 fully saturated rings. The molecule has 3 rings (SSSR count). The first-order chi connectivity index (χ1) is 11.1. The van der Waals surface area contributed by atoms with Gasteiger partial charge in [0.05, 0.1) is 18.5 Å². The summed E-state index contributed by atoms with van der Waals surface area (Å²) < 4.78 is 0. The second-order valence-corrected chi connectivity index (χ2v) is 6.81. The third-order valence-corrected chi connectivity index (χ3v) is 5.11. The molecule has 5 heteroatoms. The maximum Gasteiger partial charge on any atom is 0.222 e. The Hall–Kier alpha value is -2.14. The van der Waals surface area contributed by atoms with Crippen LogP contribution in [0.3, 0.4) is 0 Å². The molecule has 0 aliphatic heterocycles. The highest BCUT2D eigenvalue weighted by atomic mass is 32.1. The monoisotopic (exact) mass is 328 g/mol. The number of benzene rings is 1. The molecule has 1 aliphatic carbocycles. The summed E-state index contributed by atoms with van der Waals surface area (Å²) in [4.78, 5) is 24.8. The first-order valence-corrected chi connectivity index (χ1v) is 8.69. The van der Waals surface area contributed by atoms with Gasteiger partial charge in [-0.15, -0.1) is 11.3 Å². The lowest BCUT2D eigenvalue weighted by Crippen LogP contribution is -2.33. The van der Waals surface area contributed by atoms with Gasteiger partial charge in [-0.1, -0.05) is 30.3 Å². The highest BCUT2D eigenvalue weighted by Gasteiger charge is 2.25. The lowest BCUT2D eigenvalue weighted by Gasteiger charge is -2.19. The molecule has 2 aromatic rings. The van der Waals surface area contributed by atoms with E-state index in [9.17, 15) is 9.59 Å². The molecule has 0 saturated heterocycles. The number of hydrogen-bond acceptors (Lipinski definition) is 3. The van der Waals surface area contributed by atoms with Gasteiger partial charge in [-0.3, -0.25) is 9.59 Å². The molecule has 1 heterocycles. The molecule has 23 heavy (non-hydrogen) atoms. The van der Waals surface area contributed by atoms with Crippen LogP contribution in [0.15, 0.2) is 41.8 Å². The van der Waals surface area contributed by atoms with Crippen molar-refractivity contribution in [3.05, 3.63) is 57.8 Å². The lowest BCUT2D eigenvalue weighted by atomic mass is 10.1. The minimum atomic E-state index is -0.260. The number of amides is 2. The van der Waals surface area contributed by atoms with Gasteiger partial charge >= 0.3 is 0 Å². The predicted octanol–water partition coefficient (Wildman–Crippen LogP) is 3.12. The minimum absolute atomic E-state index is 0.0288. The SMILES string of the molecule is CC(=O)N[C@@H](CC(=O)N[C@@H]1CCc2ccccc21)c1cccs1. The molecule has 1 aliphatic rings. The van der Waals surface area contributed by atoms with Gasteiger partial charge in [-0.2, -0.15) is 0 Å². The Labute approximate surface area is 139 Å². The van der Waals surface area contributed by atoms with Gasteiger partial charge in [0.1, 0.15) is 0 Å². The summed E-state index contributed by atoms with van der Waals surface area (Å²) in [5, 5.41) is 7.94. The van der Waals surface area contributed by atoms with Crippen molar-refractivity contribution in [3.63, 3.8) is 0 Å². The summed E-state index contributed by atoms with van der Waals surface area (Å²) in [7, 11) is 0. The van der Waals surface area contributed by atoms with Crippen molar-refractivity contribution in [3.8, 4) is 0 Å². The molecule has 0 bridgehead atoms. The average Bonchev–Trinajstić information content (AvgIpc) is 3.16. The third kappa shape index (κ3) is 3.79. The molecule has 0 saturated carbocycles. The van der Waals surface area contributed by atoms with E-state index in [1.54, 1.807) is 11.3 Å². The standard InChI is InChI=1S/C18H20N2O2S/c1-12(21)19-16(17-7-4-10-23-17)11-18(22)20-15-9-8-13-5-2-3-6-14(13)15/h2-7,10,15-16H,8-9,11H2,1H3,(H,19,21)(H,20,22)/t15-,16+/m1/s1. The number of aryl methyl sites for hydroxylation is 1. The first kappa shape index (κ1) is 15.7. The van der Waals surface area contributed by atoms with Gasteiger partial charge in [0.15, 0.2) is 0 Å². The fraction of sp³-hybridized carbons (Fsp3) is 0.333. The number of rotatable bonds is 5. The first-order valence-electron chi connectivity index (χ1n) is 7.81. The van der Waals surface area contributed by atoms with Crippen LogP contribution in [-0.4, -0.2) is 11.8 Å². The molecule has 2 atom stereocenters. The van der Waals surface area contributed by atoms with Gasteiger partial charge in [-0.05, 0) is 35.4 Å². The Morgan fingerprint density at radius 3 is 2.83 bits per heavy atom. The highest BCUT2D eigenvalue weighted by molar-refractivity contribution is 7.10. The van der Waals surface area contributed by atoms with Crippen molar-refractivity contribution in [2.24, 2.45) is 0 Å². The van der Waals surface area contributed by atoms with Crippen LogP contribution in [-0.2, 0) is 16.0 Å². The molecule has 120 valence electrons. The summed E-state index contributed by atoms with van der Waals surface area (Å²) in [6.07, 6.45) is 2.20. The molecular formula is C18H20N2O2S. The summed E-state index contributed by atoms with van der Waals surface area (Å²) >= 11 is 1.55. The number of carbonyl (C=O) groups excluding carboxylic acids is 2. The Bertz CT molecular complexity index is 697. The van der Waals surface area contributed by atoms with E-state index in [0.29, 0.717) is 0 Å². The molecule has 2 N–H and O–H groups in total. The van der Waals surface area contributed by atoms with Crippen LogP contribution >= 0.6 is 11.3 Å². The Kier molecular flexibility index (Phi) is 4.76. The zero-order chi connectivity index (χ0) is 16.2. The summed E-state index contributed by atoms with van der Waals surface area (Å²) in [6, 6.07) is 11.9. The topological polar surface area (TPSA) is 58.2 Å². The van der Waals surface area contributed by atoms with E-state index in [1.807, 2.05) is 29.6 Å². The average molecular weight is 328 g/mol. The Morgan fingerprint density at radius 1 is 1.26 bits per heavy atom. The van der Waals surface area contributed by atoms with Crippen molar-refractivity contribution < 1.29 is 9.59 Å². The zero-order valence-electron chi connectivity index (χ0n) is 13.0. The Balaban J connectivity index is 1.65. The predicted molar refractivity (Wildman–Crippen MR) is 91.1 cm³/mol. The largest absolute Gasteiger partial charge is 0.349 e. The van der Waals surface area contributed by atoms with E-state index in [-0.39, 0.29) is 30.3 Å². The molecule has 2 amide bonds. The van der Waals surface area contributed by atoms with Crippen LogP contribution in [0, 0.1) is 0 Å². The number of thiophene rings is 1. The number of hydrogen-bond donors (Lipinski definition) is 2. The maximum atomic E-state index is 12.4. The molecule has 0 spiro atoms. The van der Waals surface area contributed by atoms with Crippen molar-refractivity contribution in [1.29, 1.82) is 0 Å². The van der Waals surface area contributed by atoms with Crippen LogP contribution in [0.2, 0.25) is 0 Å². The quantitative estimate of drug-likeness (QED) is 0.886. The minimum Gasteiger partial charge on any atom is -0.349 e. The van der Waals surface area contributed by atoms with Crippen LogP contribution < -0.4 is 10.6 Å². The van der Waals surface area contributed by atoms with Gasteiger partial charge in [0.2, 0.25) is 11.8 Å². The van der Waals surface area contributed by atoms with E-state index < -0.39 is 0 Å². The van der Waals surface area contributed by atoms with Crippen LogP contribution in [0.1, 0.15) is 47.9 Å². The molecule has 0 unspecified atom stereocenters. The third-order valence-electron chi connectivity index (χ3n) is 4.12. The smallest absolute Gasteiger partial charge is 0.222 e. The number of fused-ring (bicyclic) bond motifs is 1. The van der Waals surface area contributed by atoms with Crippen molar-refractivity contribution in [2.75, 3.05) is 0 Å². The van der Waals surface area contributed by atoms with Gasteiger partial charge in [0.25, 0.3) is 0 Å². The van der Waals surface area contributed by atoms with Gasteiger partial charge in [0, 0.05) is 11.8 Å². The second-order valence-electron chi connectivity index (χ2n) is 5.83. The number of carbonyl (C=O) groups is 2. The molecule has 1 aromatic carbocycles. The van der Waals surface area contributed by atoms with Gasteiger partial charge in [-0.25, -0.2) is 0 Å². The second kappa shape index (κ2) is 6.96. The number of nitrogens with one attached hydrogen (secondary N) is 2. The van der Waals surface area contributed by atoms with E-state index in [4.69, 9.17) is 0 Å². The van der Waals surface area contributed by atoms with Crippen molar-refractivity contribution >= 4 is 23.2 Å². The Morgan fingerprint density at radius 2 is 2.09 bits per heavy atom. The van der Waals surface area contributed by atoms with E-state index in [0.717, 1.165) is 17.7 Å². The summed E-state index contributed by atoms with van der Waals surface area (Å²) in [5.41, 5.74) is 2.53. The normalized spacial score (nSPS) is 17.3. The fourth-order valence-corrected chi connectivity index (χ4v) is 3.88. The maximum absolute atomic E-state index is 12.4. The van der Waals surface area contributed by atoms with Crippen LogP contribution in [0.5, 0.6) is 0 Å². The zero-order valence-corrected chi connectivity index (χ0v) is 13.9. The van der Waals surface area contributed by atoms with Crippen molar-refractivity contribution in [1.82, 2.24) is 10.6 Å². The van der Waals surface area contributed by atoms with Crippen LogP contribution in [0.4, 0.5) is 0 Å². The fourth-order valence-electron chi connectivity index (χ4n) is 3.10. The summed E-state index contributed by atoms with van der Waals surface area (Å²) in [5.74, 6) is -0.152. The van der Waals surface area contributed by atoms with Crippen molar-refractivity contribution in [2.45, 2.75) is 38.3 Å². The highest BCUT2D eigenvalue weighted by Crippen LogP contribution is 2.31. The molecule has 4 nitrogen and oxygen atoms in total. The van der Waals surface area contributed by atoms with Crippen LogP contribution in [0.25, 0.3) is 0 Å². The summed E-state index contributed by atoms with van der Waals surface area (Å²) in [6.45, 7) is 1.48. The van der Waals surface area contributed by atoms with E-state index in [1.165, 1.54) is 18.1 Å². The molecule has 0 radical (unpaired) electrons.